The zero-order valence-electron chi connectivity index (χ0n) is 38.1. The van der Waals surface area contributed by atoms with Gasteiger partial charge in [0.15, 0.2) is 0 Å². The molecule has 3 heterocycles. The van der Waals surface area contributed by atoms with Gasteiger partial charge in [-0.1, -0.05) is 0 Å². The van der Waals surface area contributed by atoms with Gasteiger partial charge in [0.05, 0.1) is 59.3 Å². The summed E-state index contributed by atoms with van der Waals surface area (Å²) in [7, 11) is 9.59. The number of ether oxygens (including phenoxy) is 7. The summed E-state index contributed by atoms with van der Waals surface area (Å²) in [5.74, 6) is 4.93. The molecule has 14 nitrogen and oxygen atoms in total. The van der Waals surface area contributed by atoms with Gasteiger partial charge in [-0.3, -0.25) is 0 Å². The Balaban J connectivity index is 0.000000326. The molecule has 3 atom stereocenters. The van der Waals surface area contributed by atoms with E-state index < -0.39 is 5.60 Å². The lowest BCUT2D eigenvalue weighted by Gasteiger charge is -2.34. The maximum Gasteiger partial charge on any atom is 0.410 e. The lowest BCUT2D eigenvalue weighted by molar-refractivity contribution is 0.0197. The minimum absolute atomic E-state index is 0. The molecule has 3 saturated heterocycles. The van der Waals surface area contributed by atoms with Gasteiger partial charge in [-0.15, -0.1) is 24.8 Å². The fourth-order valence-electron chi connectivity index (χ4n) is 7.94. The second-order valence-electron chi connectivity index (χ2n) is 16.1. The van der Waals surface area contributed by atoms with Crippen LogP contribution < -0.4 is 39.1 Å². The van der Waals surface area contributed by atoms with E-state index in [0.717, 1.165) is 92.9 Å². The first-order chi connectivity index (χ1) is 29.4. The SMILES string of the molecule is COc1cc(C2CCCN(C(=O)OC(C)(C)C)C2)c(OC)cc1C#N.COc1cc([C@@H]2CCCNC2)c(OC)cc1C#N.COc1cc([C@H]2CCCNC2)c(OC)cc1C#N.Cl.Cl. The van der Waals surface area contributed by atoms with Crippen molar-refractivity contribution in [2.75, 3.05) is 81.9 Å². The van der Waals surface area contributed by atoms with Crippen LogP contribution in [0, 0.1) is 34.0 Å². The first kappa shape index (κ1) is 53.8. The molecule has 3 aliphatic rings. The Bertz CT molecular complexity index is 1980. The van der Waals surface area contributed by atoms with E-state index in [1.54, 1.807) is 65.8 Å². The normalized spacial score (nSPS) is 17.9. The van der Waals surface area contributed by atoms with E-state index in [9.17, 15) is 10.1 Å². The Kier molecular flexibility index (Phi) is 22.5. The third-order valence-corrected chi connectivity index (χ3v) is 11.0. The average Bonchev–Trinajstić information content (AvgIpc) is 3.30. The van der Waals surface area contributed by atoms with E-state index >= 15 is 0 Å². The summed E-state index contributed by atoms with van der Waals surface area (Å²) >= 11 is 0. The van der Waals surface area contributed by atoms with Crippen molar-refractivity contribution in [1.82, 2.24) is 15.5 Å². The Morgan fingerprint density at radius 3 is 1.22 bits per heavy atom. The molecule has 0 spiro atoms. The number of rotatable bonds is 9. The van der Waals surface area contributed by atoms with E-state index in [1.165, 1.54) is 0 Å². The third kappa shape index (κ3) is 14.6. The number of halogens is 2. The highest BCUT2D eigenvalue weighted by Crippen LogP contribution is 2.39. The molecule has 0 aliphatic carbocycles. The zero-order chi connectivity index (χ0) is 44.5. The number of likely N-dealkylation sites (tertiary alicyclic amines) is 1. The average molecular weight is 912 g/mol. The van der Waals surface area contributed by atoms with Gasteiger partial charge in [0.1, 0.15) is 58.3 Å². The van der Waals surface area contributed by atoms with Crippen LogP contribution in [0.1, 0.15) is 110 Å². The molecule has 1 amide bonds. The van der Waals surface area contributed by atoms with Crippen LogP contribution in [-0.2, 0) is 4.74 Å². The van der Waals surface area contributed by atoms with Gasteiger partial charge in [0.2, 0.25) is 0 Å². The van der Waals surface area contributed by atoms with Crippen molar-refractivity contribution >= 4 is 30.9 Å². The molecular formula is C47H64Cl2N6O8. The Hall–Kier alpha value is -5.30. The zero-order valence-corrected chi connectivity index (χ0v) is 39.7. The van der Waals surface area contributed by atoms with Crippen LogP contribution in [0.3, 0.4) is 0 Å². The summed E-state index contributed by atoms with van der Waals surface area (Å²) in [5.41, 5.74) is 4.15. The van der Waals surface area contributed by atoms with E-state index in [1.807, 2.05) is 39.0 Å². The lowest BCUT2D eigenvalue weighted by Crippen LogP contribution is -2.42. The van der Waals surface area contributed by atoms with Crippen molar-refractivity contribution in [3.05, 3.63) is 69.8 Å². The van der Waals surface area contributed by atoms with Crippen molar-refractivity contribution in [2.24, 2.45) is 0 Å². The molecule has 344 valence electrons. The number of carbonyl (C=O) groups excluding carboxylic acids is 1. The summed E-state index contributed by atoms with van der Waals surface area (Å²) in [4.78, 5) is 14.1. The fraction of sp³-hybridized carbons (Fsp3) is 0.532. The second kappa shape index (κ2) is 26.4. The van der Waals surface area contributed by atoms with Crippen LogP contribution in [0.15, 0.2) is 36.4 Å². The van der Waals surface area contributed by atoms with Crippen molar-refractivity contribution in [3.8, 4) is 52.7 Å². The van der Waals surface area contributed by atoms with Crippen LogP contribution in [-0.4, -0.2) is 98.5 Å². The predicted molar refractivity (Wildman–Crippen MR) is 247 cm³/mol. The standard InChI is InChI=1S/C19H26N2O4.2C14H18N2O2.2ClH/c1-19(2,3)25-18(22)21-8-6-7-13(12-21)15-10-16(23-4)14(11-20)9-17(15)24-5;2*1-17-13-7-12(10-4-3-5-16-9-10)14(18-2)6-11(13)8-15;;/h9-10,13H,6-8,12H2,1-5H3;2*6-7,10,16H,3-5,9H2,1-2H3;2*1H/t;2*10-;;/m.10../s1. The van der Waals surface area contributed by atoms with E-state index in [-0.39, 0.29) is 36.8 Å². The van der Waals surface area contributed by atoms with Gasteiger partial charge in [0, 0.05) is 78.8 Å². The van der Waals surface area contributed by atoms with Gasteiger partial charge >= 0.3 is 6.09 Å². The van der Waals surface area contributed by atoms with E-state index in [2.05, 4.69) is 28.8 Å². The molecule has 16 heteroatoms. The monoisotopic (exact) mass is 910 g/mol. The summed E-state index contributed by atoms with van der Waals surface area (Å²) in [5, 5.41) is 34.2. The highest BCUT2D eigenvalue weighted by atomic mass is 35.5. The lowest BCUT2D eigenvalue weighted by atomic mass is 9.89. The number of amides is 1. The van der Waals surface area contributed by atoms with E-state index in [0.29, 0.717) is 64.6 Å². The smallest absolute Gasteiger partial charge is 0.410 e. The number of nitrogens with zero attached hydrogens (tertiary/aromatic N) is 4. The molecule has 2 N–H and O–H groups in total. The Morgan fingerprint density at radius 1 is 0.571 bits per heavy atom. The van der Waals surface area contributed by atoms with Gasteiger partial charge < -0.3 is 48.7 Å². The van der Waals surface area contributed by atoms with Crippen LogP contribution in [0.2, 0.25) is 0 Å². The van der Waals surface area contributed by atoms with Gasteiger partial charge in [-0.25, -0.2) is 4.79 Å². The van der Waals surface area contributed by atoms with Gasteiger partial charge in [-0.05, 0) is 90.6 Å². The number of piperidine rings is 3. The first-order valence-electron chi connectivity index (χ1n) is 20.8. The first-order valence-corrected chi connectivity index (χ1v) is 20.8. The van der Waals surface area contributed by atoms with Crippen LogP contribution in [0.4, 0.5) is 4.79 Å². The van der Waals surface area contributed by atoms with Crippen molar-refractivity contribution in [3.63, 3.8) is 0 Å². The molecule has 3 aromatic carbocycles. The number of nitriles is 3. The van der Waals surface area contributed by atoms with Crippen LogP contribution in [0.25, 0.3) is 0 Å². The summed E-state index contributed by atoms with van der Waals surface area (Å²) < 4.78 is 37.6. The molecular weight excluding hydrogens is 847 g/mol. The number of hydrogen-bond acceptors (Lipinski definition) is 13. The molecule has 63 heavy (non-hydrogen) atoms. The van der Waals surface area contributed by atoms with Gasteiger partial charge in [-0.2, -0.15) is 15.8 Å². The molecule has 0 aromatic heterocycles. The fourth-order valence-corrected chi connectivity index (χ4v) is 7.94. The number of benzene rings is 3. The van der Waals surface area contributed by atoms with Crippen molar-refractivity contribution < 1.29 is 38.0 Å². The molecule has 0 saturated carbocycles. The molecule has 3 aliphatic heterocycles. The van der Waals surface area contributed by atoms with E-state index in [4.69, 9.17) is 43.7 Å². The maximum atomic E-state index is 12.4. The number of carbonyl (C=O) groups is 1. The highest BCUT2D eigenvalue weighted by Gasteiger charge is 2.31. The summed E-state index contributed by atoms with van der Waals surface area (Å²) in [6.07, 6.45) is 6.13. The van der Waals surface area contributed by atoms with Crippen molar-refractivity contribution in [2.45, 2.75) is 82.7 Å². The molecule has 1 unspecified atom stereocenters. The Morgan fingerprint density at radius 2 is 0.921 bits per heavy atom. The van der Waals surface area contributed by atoms with Crippen LogP contribution in [0.5, 0.6) is 34.5 Å². The quantitative estimate of drug-likeness (QED) is 0.209. The number of methoxy groups -OCH3 is 6. The highest BCUT2D eigenvalue weighted by molar-refractivity contribution is 5.85. The summed E-state index contributed by atoms with van der Waals surface area (Å²) in [6, 6.07) is 17.3. The topological polar surface area (TPSA) is 180 Å². The molecule has 3 fully saturated rings. The van der Waals surface area contributed by atoms with Crippen molar-refractivity contribution in [1.29, 1.82) is 15.8 Å². The Labute approximate surface area is 385 Å². The number of nitrogens with one attached hydrogen (secondary N) is 2. The van der Waals surface area contributed by atoms with Gasteiger partial charge in [0.25, 0.3) is 0 Å². The molecule has 0 radical (unpaired) electrons. The minimum Gasteiger partial charge on any atom is -0.496 e. The number of hydrogen-bond donors (Lipinski definition) is 2. The molecule has 0 bridgehead atoms. The minimum atomic E-state index is -0.515. The second-order valence-corrected chi connectivity index (χ2v) is 16.1. The largest absolute Gasteiger partial charge is 0.496 e. The summed E-state index contributed by atoms with van der Waals surface area (Å²) in [6.45, 7) is 10.9. The predicted octanol–water partition coefficient (Wildman–Crippen LogP) is 8.62. The molecule has 3 aromatic rings. The molecule has 6 rings (SSSR count). The van der Waals surface area contributed by atoms with Crippen LogP contribution >= 0.6 is 24.8 Å². The maximum absolute atomic E-state index is 12.4. The third-order valence-electron chi connectivity index (χ3n) is 11.0.